The fraction of sp³-hybridized carbons (Fsp3) is 0.792. The minimum absolute atomic E-state index is 0.0230. The van der Waals surface area contributed by atoms with Crippen molar-refractivity contribution >= 4 is 46.2 Å². The van der Waals surface area contributed by atoms with Crippen LogP contribution in [0.2, 0.25) is 41.4 Å². The average molecular weight is 545 g/mol. The van der Waals surface area contributed by atoms with Gasteiger partial charge in [0.25, 0.3) is 0 Å². The minimum atomic E-state index is -2.26. The molecule has 1 heterocycles. The standard InChI is InChI=1S/C24H42ClFN4O3Si2/c1-22(2,3)34(7,8)32-12-24-11-15(24)17(16(26)19(24)33-35(9,10)23(4,5)6)30-21-18(29-14-31)20(25)27-13-28-21/h13-17,19H,11-12H2,1-10H3,(H,29,31)(H,27,28,30)/t15-,16+,17-,19?,24+/m1/s1. The number of halogens is 2. The number of carbonyl (C=O) groups excluding carboxylic acids is 1. The van der Waals surface area contributed by atoms with Crippen LogP contribution in [0.3, 0.4) is 0 Å². The third kappa shape index (κ3) is 5.32. The Morgan fingerprint density at radius 1 is 1.14 bits per heavy atom. The monoisotopic (exact) mass is 544 g/mol. The molecular formula is C24H42ClFN4O3Si2. The van der Waals surface area contributed by atoms with Crippen LogP contribution < -0.4 is 10.6 Å². The van der Waals surface area contributed by atoms with Crippen LogP contribution in [0.4, 0.5) is 15.9 Å². The zero-order valence-electron chi connectivity index (χ0n) is 22.8. The quantitative estimate of drug-likeness (QED) is 0.217. The largest absolute Gasteiger partial charge is 0.416 e. The number of nitrogens with zero attached hydrogens (tertiary/aromatic N) is 2. The van der Waals surface area contributed by atoms with Gasteiger partial charge in [-0.3, -0.25) is 4.79 Å². The molecule has 2 fully saturated rings. The second-order valence-electron chi connectivity index (χ2n) is 13.2. The summed E-state index contributed by atoms with van der Waals surface area (Å²) < 4.78 is 29.7. The normalized spacial score (nSPS) is 29.0. The van der Waals surface area contributed by atoms with Gasteiger partial charge in [-0.1, -0.05) is 53.1 Å². The maximum Gasteiger partial charge on any atom is 0.211 e. The third-order valence-electron chi connectivity index (χ3n) is 8.85. The van der Waals surface area contributed by atoms with Gasteiger partial charge >= 0.3 is 0 Å². The molecule has 2 N–H and O–H groups in total. The number of hydrogen-bond acceptors (Lipinski definition) is 6. The molecule has 1 aromatic heterocycles. The molecule has 2 aliphatic carbocycles. The summed E-state index contributed by atoms with van der Waals surface area (Å²) in [6, 6.07) is -0.536. The predicted molar refractivity (Wildman–Crippen MR) is 145 cm³/mol. The summed E-state index contributed by atoms with van der Waals surface area (Å²) in [6.45, 7) is 22.4. The zero-order chi connectivity index (χ0) is 26.6. The maximum absolute atomic E-state index is 16.3. The Balaban J connectivity index is 1.93. The van der Waals surface area contributed by atoms with Crippen LogP contribution in [0, 0.1) is 11.3 Å². The van der Waals surface area contributed by atoms with Crippen LogP contribution in [-0.4, -0.2) is 57.9 Å². The molecule has 0 aliphatic heterocycles. The Bertz CT molecular complexity index is 954. The molecule has 1 unspecified atom stereocenters. The van der Waals surface area contributed by atoms with Gasteiger partial charge in [-0.05, 0) is 48.6 Å². The smallest absolute Gasteiger partial charge is 0.211 e. The lowest BCUT2D eigenvalue weighted by atomic mass is 10.0. The second-order valence-corrected chi connectivity index (χ2v) is 23.1. The van der Waals surface area contributed by atoms with Crippen molar-refractivity contribution in [3.05, 3.63) is 11.5 Å². The number of nitrogens with one attached hydrogen (secondary N) is 2. The molecule has 5 atom stereocenters. The van der Waals surface area contributed by atoms with Crippen molar-refractivity contribution in [2.75, 3.05) is 17.2 Å². The summed E-state index contributed by atoms with van der Waals surface area (Å²) in [7, 11) is -4.29. The first-order chi connectivity index (χ1) is 15.9. The second kappa shape index (κ2) is 9.34. The molecule has 2 saturated carbocycles. The number of fused-ring (bicyclic) bond motifs is 1. The van der Waals surface area contributed by atoms with E-state index in [0.29, 0.717) is 18.8 Å². The number of aromatic nitrogens is 2. The van der Waals surface area contributed by atoms with Crippen LogP contribution >= 0.6 is 11.6 Å². The van der Waals surface area contributed by atoms with Gasteiger partial charge in [0.2, 0.25) is 6.41 Å². The molecule has 198 valence electrons. The molecule has 0 spiro atoms. The van der Waals surface area contributed by atoms with E-state index in [1.165, 1.54) is 6.33 Å². The molecule has 0 radical (unpaired) electrons. The molecule has 0 aromatic carbocycles. The summed E-state index contributed by atoms with van der Waals surface area (Å²) in [5.74, 6) is 0.332. The molecule has 11 heteroatoms. The number of carbonyl (C=O) groups is 1. The van der Waals surface area contributed by atoms with Crippen LogP contribution in [0.1, 0.15) is 48.0 Å². The van der Waals surface area contributed by atoms with Gasteiger partial charge < -0.3 is 19.5 Å². The summed E-state index contributed by atoms with van der Waals surface area (Å²) in [6.07, 6.45) is 0.788. The number of rotatable bonds is 9. The highest BCUT2D eigenvalue weighted by atomic mass is 35.5. The first-order valence-electron chi connectivity index (χ1n) is 12.3. The lowest BCUT2D eigenvalue weighted by Gasteiger charge is -2.43. The Morgan fingerprint density at radius 2 is 1.74 bits per heavy atom. The Labute approximate surface area is 216 Å². The van der Waals surface area contributed by atoms with Crippen molar-refractivity contribution in [3.8, 4) is 0 Å². The minimum Gasteiger partial charge on any atom is -0.416 e. The van der Waals surface area contributed by atoms with Gasteiger partial charge in [-0.2, -0.15) is 0 Å². The highest BCUT2D eigenvalue weighted by molar-refractivity contribution is 6.74. The average Bonchev–Trinajstić information content (AvgIpc) is 3.39. The van der Waals surface area contributed by atoms with E-state index in [1.807, 2.05) is 0 Å². The number of amides is 1. The third-order valence-corrected chi connectivity index (χ3v) is 18.1. The number of hydrogen-bond donors (Lipinski definition) is 2. The summed E-state index contributed by atoms with van der Waals surface area (Å²) in [5.41, 5.74) is -0.147. The molecule has 3 rings (SSSR count). The molecule has 2 aliphatic rings. The molecule has 35 heavy (non-hydrogen) atoms. The SMILES string of the molecule is CC(C)(C)[Si](C)(C)OC[C@@]12C[C@@H]1[C@@H](Nc1ncnc(Cl)c1NC=O)[C@H](F)C2O[Si](C)(C)C(C)(C)C. The lowest BCUT2D eigenvalue weighted by Crippen LogP contribution is -2.51. The van der Waals surface area contributed by atoms with Crippen molar-refractivity contribution < 1.29 is 18.0 Å². The van der Waals surface area contributed by atoms with E-state index < -0.39 is 40.4 Å². The molecule has 1 amide bonds. The van der Waals surface area contributed by atoms with Gasteiger partial charge in [0, 0.05) is 12.0 Å². The van der Waals surface area contributed by atoms with Gasteiger partial charge in [0.05, 0.1) is 12.1 Å². The fourth-order valence-electron chi connectivity index (χ4n) is 4.34. The van der Waals surface area contributed by atoms with Crippen LogP contribution in [-0.2, 0) is 13.6 Å². The number of alkyl halides is 1. The van der Waals surface area contributed by atoms with Crippen molar-refractivity contribution in [3.63, 3.8) is 0 Å². The van der Waals surface area contributed by atoms with Crippen molar-refractivity contribution in [1.29, 1.82) is 0 Å². The van der Waals surface area contributed by atoms with Crippen LogP contribution in [0.25, 0.3) is 0 Å². The maximum atomic E-state index is 16.3. The van der Waals surface area contributed by atoms with Crippen molar-refractivity contribution in [1.82, 2.24) is 9.97 Å². The van der Waals surface area contributed by atoms with Crippen molar-refractivity contribution in [2.24, 2.45) is 11.3 Å². The molecule has 0 bridgehead atoms. The molecular weight excluding hydrogens is 503 g/mol. The van der Waals surface area contributed by atoms with E-state index in [-0.39, 0.29) is 26.8 Å². The Kier molecular flexibility index (Phi) is 7.61. The highest BCUT2D eigenvalue weighted by Crippen LogP contribution is 2.67. The van der Waals surface area contributed by atoms with E-state index >= 15 is 4.39 Å². The fourth-order valence-corrected chi connectivity index (χ4v) is 6.95. The predicted octanol–water partition coefficient (Wildman–Crippen LogP) is 6.25. The topological polar surface area (TPSA) is 85.4 Å². The first kappa shape index (κ1) is 28.5. The summed E-state index contributed by atoms with van der Waals surface area (Å²) >= 11 is 6.17. The highest BCUT2D eigenvalue weighted by Gasteiger charge is 2.73. The zero-order valence-corrected chi connectivity index (χ0v) is 25.5. The van der Waals surface area contributed by atoms with Gasteiger partial charge in [0.15, 0.2) is 27.6 Å². The first-order valence-corrected chi connectivity index (χ1v) is 18.5. The van der Waals surface area contributed by atoms with E-state index in [9.17, 15) is 4.79 Å². The summed E-state index contributed by atoms with van der Waals surface area (Å²) in [5, 5.41) is 5.88. The van der Waals surface area contributed by atoms with Gasteiger partial charge in [-0.15, -0.1) is 0 Å². The lowest BCUT2D eigenvalue weighted by molar-refractivity contribution is -0.105. The van der Waals surface area contributed by atoms with Crippen LogP contribution in [0.5, 0.6) is 0 Å². The summed E-state index contributed by atoms with van der Waals surface area (Å²) in [4.78, 5) is 19.3. The van der Waals surface area contributed by atoms with E-state index in [1.54, 1.807) is 0 Å². The van der Waals surface area contributed by atoms with Crippen molar-refractivity contribution in [2.45, 2.75) is 103 Å². The Hall–Kier alpha value is -1.08. The molecule has 7 nitrogen and oxygen atoms in total. The number of anilines is 2. The van der Waals surface area contributed by atoms with Crippen LogP contribution in [0.15, 0.2) is 6.33 Å². The Morgan fingerprint density at radius 3 is 2.29 bits per heavy atom. The van der Waals surface area contributed by atoms with E-state index in [4.69, 9.17) is 20.5 Å². The molecule has 0 saturated heterocycles. The van der Waals surface area contributed by atoms with Gasteiger partial charge in [0.1, 0.15) is 18.2 Å². The van der Waals surface area contributed by atoms with E-state index in [2.05, 4.69) is 88.3 Å². The van der Waals surface area contributed by atoms with E-state index in [0.717, 1.165) is 6.42 Å². The van der Waals surface area contributed by atoms with Gasteiger partial charge in [-0.25, -0.2) is 14.4 Å². The molecule has 1 aromatic rings.